The van der Waals surface area contributed by atoms with Crippen LogP contribution in [0.4, 0.5) is 0 Å². The van der Waals surface area contributed by atoms with Gasteiger partial charge in [-0.1, -0.05) is 42.5 Å². The standard InChI is InChI=1S/C23H26N4O3/c28-21(11-13-27-23(30)20-9-5-4-8-19(20)22(29)24-27)26-16-14-25(15-17-26)12-10-18-6-2-1-3-7-18/h1-9H,10-17H2,(H,24,29). The minimum Gasteiger partial charge on any atom is -0.340 e. The Morgan fingerprint density at radius 3 is 2.23 bits per heavy atom. The van der Waals surface area contributed by atoms with E-state index in [0.29, 0.717) is 23.9 Å². The van der Waals surface area contributed by atoms with Crippen LogP contribution in [0.2, 0.25) is 0 Å². The molecule has 2 aromatic carbocycles. The number of aromatic nitrogens is 2. The minimum atomic E-state index is -0.315. The molecule has 1 fully saturated rings. The first-order valence-electron chi connectivity index (χ1n) is 10.4. The Bertz CT molecular complexity index is 1130. The van der Waals surface area contributed by atoms with E-state index in [0.717, 1.165) is 26.1 Å². The summed E-state index contributed by atoms with van der Waals surface area (Å²) in [7, 11) is 0. The van der Waals surface area contributed by atoms with Gasteiger partial charge < -0.3 is 4.90 Å². The van der Waals surface area contributed by atoms with Crippen molar-refractivity contribution in [2.75, 3.05) is 32.7 Å². The van der Waals surface area contributed by atoms with Crippen LogP contribution in [0.1, 0.15) is 12.0 Å². The maximum absolute atomic E-state index is 12.6. The van der Waals surface area contributed by atoms with E-state index in [9.17, 15) is 14.4 Å². The van der Waals surface area contributed by atoms with E-state index < -0.39 is 0 Å². The number of carbonyl (C=O) groups excluding carboxylic acids is 1. The molecule has 0 radical (unpaired) electrons. The number of aromatic amines is 1. The molecule has 156 valence electrons. The number of rotatable bonds is 6. The highest BCUT2D eigenvalue weighted by Gasteiger charge is 2.21. The van der Waals surface area contributed by atoms with E-state index in [-0.39, 0.29) is 30.0 Å². The van der Waals surface area contributed by atoms with E-state index in [1.165, 1.54) is 10.2 Å². The molecule has 30 heavy (non-hydrogen) atoms. The van der Waals surface area contributed by atoms with Crippen LogP contribution in [0, 0.1) is 0 Å². The molecule has 1 amide bonds. The summed E-state index contributed by atoms with van der Waals surface area (Å²) in [6.07, 6.45) is 1.20. The highest BCUT2D eigenvalue weighted by atomic mass is 16.2. The Labute approximate surface area is 174 Å². The average molecular weight is 406 g/mol. The number of aryl methyl sites for hydroxylation is 1. The van der Waals surface area contributed by atoms with Gasteiger partial charge in [0.1, 0.15) is 0 Å². The summed E-state index contributed by atoms with van der Waals surface area (Å²) in [6, 6.07) is 17.1. The molecule has 1 aliphatic rings. The first kappa shape index (κ1) is 20.1. The molecular formula is C23H26N4O3. The van der Waals surface area contributed by atoms with Gasteiger partial charge in [0.05, 0.1) is 17.3 Å². The summed E-state index contributed by atoms with van der Waals surface area (Å²) < 4.78 is 1.25. The molecular weight excluding hydrogens is 380 g/mol. The van der Waals surface area contributed by atoms with Crippen molar-refractivity contribution in [1.29, 1.82) is 0 Å². The minimum absolute atomic E-state index is 0.0126. The van der Waals surface area contributed by atoms with E-state index in [1.807, 2.05) is 11.0 Å². The second-order valence-electron chi connectivity index (χ2n) is 7.65. The van der Waals surface area contributed by atoms with E-state index in [2.05, 4.69) is 34.3 Å². The van der Waals surface area contributed by atoms with Gasteiger partial charge in [-0.15, -0.1) is 0 Å². The number of carbonyl (C=O) groups is 1. The smallest absolute Gasteiger partial charge is 0.273 e. The fraction of sp³-hybridized carbons (Fsp3) is 0.348. The van der Waals surface area contributed by atoms with Crippen LogP contribution < -0.4 is 11.1 Å². The number of fused-ring (bicyclic) bond motifs is 1. The van der Waals surface area contributed by atoms with Crippen LogP contribution in [-0.4, -0.2) is 58.2 Å². The Kier molecular flexibility index (Phi) is 6.09. The molecule has 1 aromatic heterocycles. The third-order valence-corrected chi connectivity index (χ3v) is 5.72. The summed E-state index contributed by atoms with van der Waals surface area (Å²) in [5.74, 6) is 0.0126. The van der Waals surface area contributed by atoms with Crippen LogP contribution in [0.15, 0.2) is 64.2 Å². The zero-order valence-electron chi connectivity index (χ0n) is 16.9. The normalized spacial score (nSPS) is 14.9. The monoisotopic (exact) mass is 406 g/mol. The van der Waals surface area contributed by atoms with E-state index in [4.69, 9.17) is 0 Å². The molecule has 7 nitrogen and oxygen atoms in total. The number of hydrogen-bond donors (Lipinski definition) is 1. The van der Waals surface area contributed by atoms with Gasteiger partial charge in [0, 0.05) is 39.1 Å². The van der Waals surface area contributed by atoms with Gasteiger partial charge in [0.2, 0.25) is 5.91 Å². The topological polar surface area (TPSA) is 78.4 Å². The molecule has 1 saturated heterocycles. The first-order valence-corrected chi connectivity index (χ1v) is 10.4. The van der Waals surface area contributed by atoms with Crippen molar-refractivity contribution in [2.45, 2.75) is 19.4 Å². The number of amides is 1. The van der Waals surface area contributed by atoms with Crippen molar-refractivity contribution in [3.05, 3.63) is 80.9 Å². The number of hydrogen-bond acceptors (Lipinski definition) is 4. The van der Waals surface area contributed by atoms with Crippen molar-refractivity contribution in [3.63, 3.8) is 0 Å². The Hall–Kier alpha value is -3.19. The highest BCUT2D eigenvalue weighted by Crippen LogP contribution is 2.08. The van der Waals surface area contributed by atoms with Crippen molar-refractivity contribution in [1.82, 2.24) is 19.6 Å². The number of piperazine rings is 1. The summed E-state index contributed by atoms with van der Waals surface area (Å²) in [5, 5.41) is 3.33. The molecule has 7 heteroatoms. The largest absolute Gasteiger partial charge is 0.340 e. The summed E-state index contributed by atoms with van der Waals surface area (Å²) in [4.78, 5) is 41.6. The summed E-state index contributed by atoms with van der Waals surface area (Å²) in [6.45, 7) is 4.25. The molecule has 1 N–H and O–H groups in total. The lowest BCUT2D eigenvalue weighted by Gasteiger charge is -2.34. The van der Waals surface area contributed by atoms with Crippen molar-refractivity contribution in [2.24, 2.45) is 0 Å². The van der Waals surface area contributed by atoms with Crippen LogP contribution in [-0.2, 0) is 17.8 Å². The van der Waals surface area contributed by atoms with Gasteiger partial charge in [0.15, 0.2) is 0 Å². The lowest BCUT2D eigenvalue weighted by molar-refractivity contribution is -0.133. The second-order valence-corrected chi connectivity index (χ2v) is 7.65. The van der Waals surface area contributed by atoms with E-state index >= 15 is 0 Å². The molecule has 2 heterocycles. The van der Waals surface area contributed by atoms with Gasteiger partial charge in [-0.25, -0.2) is 4.68 Å². The molecule has 1 aliphatic heterocycles. The number of H-pyrrole nitrogens is 1. The summed E-state index contributed by atoms with van der Waals surface area (Å²) in [5.41, 5.74) is 0.735. The molecule has 0 unspecified atom stereocenters. The van der Waals surface area contributed by atoms with Crippen molar-refractivity contribution < 1.29 is 4.79 Å². The predicted octanol–water partition coefficient (Wildman–Crippen LogP) is 1.47. The first-order chi connectivity index (χ1) is 14.6. The van der Waals surface area contributed by atoms with Gasteiger partial charge in [-0.2, -0.15) is 0 Å². The van der Waals surface area contributed by atoms with Crippen molar-refractivity contribution in [3.8, 4) is 0 Å². The molecule has 4 rings (SSSR count). The quantitative estimate of drug-likeness (QED) is 0.672. The number of nitrogens with one attached hydrogen (secondary N) is 1. The third-order valence-electron chi connectivity index (χ3n) is 5.72. The maximum atomic E-state index is 12.6. The zero-order valence-corrected chi connectivity index (χ0v) is 16.9. The molecule has 0 bridgehead atoms. The van der Waals surface area contributed by atoms with Crippen molar-refractivity contribution >= 4 is 16.7 Å². The number of benzene rings is 2. The Morgan fingerprint density at radius 1 is 0.833 bits per heavy atom. The molecule has 3 aromatic rings. The van der Waals surface area contributed by atoms with Crippen LogP contribution in [0.5, 0.6) is 0 Å². The van der Waals surface area contributed by atoms with Crippen LogP contribution in [0.3, 0.4) is 0 Å². The molecule has 0 atom stereocenters. The molecule has 0 aliphatic carbocycles. The maximum Gasteiger partial charge on any atom is 0.273 e. The zero-order chi connectivity index (χ0) is 20.9. The fourth-order valence-corrected chi connectivity index (χ4v) is 3.92. The SMILES string of the molecule is O=C(CCn1[nH]c(=O)c2ccccc2c1=O)N1CCN(CCc2ccccc2)CC1. The predicted molar refractivity (Wildman–Crippen MR) is 117 cm³/mol. The second kappa shape index (κ2) is 9.09. The lowest BCUT2D eigenvalue weighted by atomic mass is 10.1. The Morgan fingerprint density at radius 2 is 1.50 bits per heavy atom. The van der Waals surface area contributed by atoms with Gasteiger partial charge in [-0.05, 0) is 24.1 Å². The average Bonchev–Trinajstić information content (AvgIpc) is 2.80. The van der Waals surface area contributed by atoms with Gasteiger partial charge in [-0.3, -0.25) is 24.4 Å². The number of nitrogens with zero attached hydrogens (tertiary/aromatic N) is 3. The van der Waals surface area contributed by atoms with E-state index in [1.54, 1.807) is 24.3 Å². The third kappa shape index (κ3) is 4.52. The lowest BCUT2D eigenvalue weighted by Crippen LogP contribution is -2.49. The molecule has 0 spiro atoms. The molecule has 0 saturated carbocycles. The van der Waals surface area contributed by atoms with Crippen LogP contribution >= 0.6 is 0 Å². The van der Waals surface area contributed by atoms with Crippen LogP contribution in [0.25, 0.3) is 10.8 Å². The highest BCUT2D eigenvalue weighted by molar-refractivity contribution is 5.80. The fourth-order valence-electron chi connectivity index (χ4n) is 3.92. The van der Waals surface area contributed by atoms with Gasteiger partial charge in [0.25, 0.3) is 11.1 Å². The summed E-state index contributed by atoms with van der Waals surface area (Å²) >= 11 is 0. The Balaban J connectivity index is 1.29. The van der Waals surface area contributed by atoms with Gasteiger partial charge >= 0.3 is 0 Å².